The van der Waals surface area contributed by atoms with Gasteiger partial charge in [-0.15, -0.1) is 11.3 Å². The Morgan fingerprint density at radius 3 is 2.71 bits per heavy atom. The van der Waals surface area contributed by atoms with Crippen LogP contribution in [0.1, 0.15) is 29.7 Å². The van der Waals surface area contributed by atoms with E-state index >= 15 is 0 Å². The average Bonchev–Trinajstić information content (AvgIpc) is 3.27. The second kappa shape index (κ2) is 12.4. The zero-order valence-electron chi connectivity index (χ0n) is 20.7. The molecular formula is C25H38N8OS. The fraction of sp³-hybridized carbons (Fsp3) is 0.560. The van der Waals surface area contributed by atoms with Crippen molar-refractivity contribution in [3.63, 3.8) is 0 Å². The average molecular weight is 499 g/mol. The van der Waals surface area contributed by atoms with Gasteiger partial charge in [0, 0.05) is 62.9 Å². The maximum absolute atomic E-state index is 12.1. The van der Waals surface area contributed by atoms with Crippen LogP contribution in [-0.2, 0) is 11.3 Å². The number of aromatic nitrogens is 2. The summed E-state index contributed by atoms with van der Waals surface area (Å²) in [7, 11) is 0. The van der Waals surface area contributed by atoms with E-state index in [0.29, 0.717) is 6.54 Å². The van der Waals surface area contributed by atoms with Gasteiger partial charge in [-0.1, -0.05) is 6.58 Å². The summed E-state index contributed by atoms with van der Waals surface area (Å²) < 4.78 is 0. The smallest absolute Gasteiger partial charge is 0.246 e. The van der Waals surface area contributed by atoms with Gasteiger partial charge in [-0.25, -0.2) is 9.97 Å². The van der Waals surface area contributed by atoms with Gasteiger partial charge in [0.25, 0.3) is 0 Å². The maximum Gasteiger partial charge on any atom is 0.246 e. The van der Waals surface area contributed by atoms with Gasteiger partial charge in [-0.3, -0.25) is 9.69 Å². The summed E-state index contributed by atoms with van der Waals surface area (Å²) in [6, 6.07) is 4.43. The Morgan fingerprint density at radius 1 is 1.23 bits per heavy atom. The number of piperidine rings is 1. The van der Waals surface area contributed by atoms with Gasteiger partial charge in [0.2, 0.25) is 5.91 Å². The van der Waals surface area contributed by atoms with Crippen molar-refractivity contribution in [1.82, 2.24) is 24.7 Å². The van der Waals surface area contributed by atoms with Crippen molar-refractivity contribution in [1.29, 1.82) is 0 Å². The lowest BCUT2D eigenvalue weighted by Gasteiger charge is -2.35. The normalized spacial score (nSPS) is 19.5. The molecule has 0 aliphatic carbocycles. The number of hydrogen-bond donors (Lipinski definition) is 3. The standard InChI is InChI=1S/C25H38N8OS/c1-3-24(34)33-9-4-6-21(18-33)28-22-14-20(15-23(29-22)30-25-27-16-19(2)35-25)17-32-12-10-31(11-13-32)8-5-7-26/h3,14-16,21H,1,4-13,17-18,26H2,2H3,(H2,27,28,29,30). The maximum atomic E-state index is 12.1. The van der Waals surface area contributed by atoms with Gasteiger partial charge < -0.3 is 26.2 Å². The molecule has 2 saturated heterocycles. The molecule has 10 heteroatoms. The number of thiazole rings is 1. The minimum Gasteiger partial charge on any atom is -0.365 e. The molecule has 4 rings (SSSR count). The number of amides is 1. The summed E-state index contributed by atoms with van der Waals surface area (Å²) in [6.45, 7) is 14.1. The van der Waals surface area contributed by atoms with Crippen LogP contribution in [0.2, 0.25) is 0 Å². The number of aryl methyl sites for hydroxylation is 1. The SMILES string of the molecule is C=CC(=O)N1CCCC(Nc2cc(CN3CCN(CCCN)CC3)cc(Nc3ncc(C)s3)n2)C1. The van der Waals surface area contributed by atoms with E-state index in [1.165, 1.54) is 11.6 Å². The first kappa shape index (κ1) is 25.6. The molecule has 2 aromatic heterocycles. The fourth-order valence-corrected chi connectivity index (χ4v) is 5.39. The third-order valence-corrected chi connectivity index (χ3v) is 7.38. The summed E-state index contributed by atoms with van der Waals surface area (Å²) in [6.07, 6.45) is 6.30. The lowest BCUT2D eigenvalue weighted by Crippen LogP contribution is -2.46. The summed E-state index contributed by atoms with van der Waals surface area (Å²) in [5.41, 5.74) is 6.89. The molecule has 9 nitrogen and oxygen atoms in total. The van der Waals surface area contributed by atoms with E-state index in [1.54, 1.807) is 11.3 Å². The highest BCUT2D eigenvalue weighted by molar-refractivity contribution is 7.15. The monoisotopic (exact) mass is 498 g/mol. The van der Waals surface area contributed by atoms with Crippen LogP contribution < -0.4 is 16.4 Å². The van der Waals surface area contributed by atoms with Crippen LogP contribution in [0.25, 0.3) is 0 Å². The zero-order chi connectivity index (χ0) is 24.6. The van der Waals surface area contributed by atoms with Gasteiger partial charge in [-0.05, 0) is 63.0 Å². The van der Waals surface area contributed by atoms with Crippen LogP contribution in [0.4, 0.5) is 16.8 Å². The number of carbonyl (C=O) groups excluding carboxylic acids is 1. The Kier molecular flexibility index (Phi) is 9.08. The van der Waals surface area contributed by atoms with Crippen LogP contribution in [0.3, 0.4) is 0 Å². The number of rotatable bonds is 10. The summed E-state index contributed by atoms with van der Waals surface area (Å²) >= 11 is 1.62. The van der Waals surface area contributed by atoms with Crippen LogP contribution in [0.5, 0.6) is 0 Å². The molecule has 0 spiro atoms. The molecule has 4 N–H and O–H groups in total. The summed E-state index contributed by atoms with van der Waals surface area (Å²) in [5.74, 6) is 1.61. The molecule has 1 unspecified atom stereocenters. The van der Waals surface area contributed by atoms with Crippen molar-refractivity contribution >= 4 is 34.0 Å². The molecule has 2 aromatic rings. The number of hydrogen-bond acceptors (Lipinski definition) is 9. The summed E-state index contributed by atoms with van der Waals surface area (Å²) in [5, 5.41) is 7.82. The van der Waals surface area contributed by atoms with E-state index in [-0.39, 0.29) is 11.9 Å². The predicted octanol–water partition coefficient (Wildman–Crippen LogP) is 2.65. The Bertz CT molecular complexity index is 988. The molecule has 2 aliphatic rings. The number of nitrogens with zero attached hydrogens (tertiary/aromatic N) is 5. The van der Waals surface area contributed by atoms with E-state index in [9.17, 15) is 4.79 Å². The third kappa shape index (κ3) is 7.47. The van der Waals surface area contributed by atoms with E-state index in [0.717, 1.165) is 93.3 Å². The molecule has 1 amide bonds. The van der Waals surface area contributed by atoms with Crippen LogP contribution in [0, 0.1) is 6.92 Å². The van der Waals surface area contributed by atoms with Crippen LogP contribution >= 0.6 is 11.3 Å². The topological polar surface area (TPSA) is 103 Å². The molecular weight excluding hydrogens is 460 g/mol. The molecule has 1 atom stereocenters. The second-order valence-corrected chi connectivity index (χ2v) is 10.6. The first-order valence-electron chi connectivity index (χ1n) is 12.6. The van der Waals surface area contributed by atoms with E-state index in [1.807, 2.05) is 18.0 Å². The number of piperazine rings is 1. The lowest BCUT2D eigenvalue weighted by atomic mass is 10.1. The highest BCUT2D eigenvalue weighted by Gasteiger charge is 2.23. The molecule has 0 bridgehead atoms. The Labute approximate surface area is 212 Å². The fourth-order valence-electron chi connectivity index (χ4n) is 4.72. The number of carbonyl (C=O) groups is 1. The number of likely N-dealkylation sites (tertiary alicyclic amines) is 1. The van der Waals surface area contributed by atoms with E-state index in [2.05, 4.69) is 44.1 Å². The van der Waals surface area contributed by atoms with Crippen molar-refractivity contribution in [3.8, 4) is 0 Å². The van der Waals surface area contributed by atoms with E-state index in [4.69, 9.17) is 10.7 Å². The van der Waals surface area contributed by atoms with Gasteiger partial charge in [0.05, 0.1) is 0 Å². The lowest BCUT2D eigenvalue weighted by molar-refractivity contribution is -0.127. The van der Waals surface area contributed by atoms with Gasteiger partial charge in [0.1, 0.15) is 11.6 Å². The molecule has 2 aliphatic heterocycles. The second-order valence-electron chi connectivity index (χ2n) is 9.38. The van der Waals surface area contributed by atoms with E-state index < -0.39 is 0 Å². The van der Waals surface area contributed by atoms with Gasteiger partial charge >= 0.3 is 0 Å². The van der Waals surface area contributed by atoms with Gasteiger partial charge in [0.15, 0.2) is 5.13 Å². The number of nitrogens with two attached hydrogens (primary N) is 1. The van der Waals surface area contributed by atoms with Crippen molar-refractivity contribution in [2.24, 2.45) is 5.73 Å². The van der Waals surface area contributed by atoms with Crippen LogP contribution in [-0.4, -0.2) is 89.0 Å². The Balaban J connectivity index is 1.45. The molecule has 0 saturated carbocycles. The van der Waals surface area contributed by atoms with Crippen molar-refractivity contribution in [2.45, 2.75) is 38.8 Å². The first-order chi connectivity index (χ1) is 17.0. The third-order valence-electron chi connectivity index (χ3n) is 6.55. The minimum absolute atomic E-state index is 0.00897. The highest BCUT2D eigenvalue weighted by Crippen LogP contribution is 2.25. The molecule has 190 valence electrons. The molecule has 4 heterocycles. The first-order valence-corrected chi connectivity index (χ1v) is 13.4. The number of nitrogens with one attached hydrogen (secondary N) is 2. The summed E-state index contributed by atoms with van der Waals surface area (Å²) in [4.78, 5) is 29.4. The van der Waals surface area contributed by atoms with Crippen molar-refractivity contribution < 1.29 is 4.79 Å². The number of pyridine rings is 1. The predicted molar refractivity (Wildman–Crippen MR) is 143 cm³/mol. The number of anilines is 3. The molecule has 2 fully saturated rings. The molecule has 35 heavy (non-hydrogen) atoms. The molecule has 0 radical (unpaired) electrons. The minimum atomic E-state index is -0.00897. The highest BCUT2D eigenvalue weighted by atomic mass is 32.1. The Hall–Kier alpha value is -2.53. The quantitative estimate of drug-likeness (QED) is 0.430. The zero-order valence-corrected chi connectivity index (χ0v) is 21.5. The van der Waals surface area contributed by atoms with Gasteiger partial charge in [-0.2, -0.15) is 0 Å². The Morgan fingerprint density at radius 2 is 2.00 bits per heavy atom. The van der Waals surface area contributed by atoms with Crippen molar-refractivity contribution in [2.75, 3.05) is 63.0 Å². The molecule has 0 aromatic carbocycles. The van der Waals surface area contributed by atoms with Crippen LogP contribution in [0.15, 0.2) is 31.0 Å². The largest absolute Gasteiger partial charge is 0.365 e. The van der Waals surface area contributed by atoms with Crippen molar-refractivity contribution in [3.05, 3.63) is 41.4 Å².